The van der Waals surface area contributed by atoms with E-state index in [1.54, 1.807) is 23.1 Å². The van der Waals surface area contributed by atoms with E-state index in [0.717, 1.165) is 38.5 Å². The average Bonchev–Trinajstić information content (AvgIpc) is 2.67. The molecule has 3 rings (SSSR count). The van der Waals surface area contributed by atoms with Crippen LogP contribution in [0.15, 0.2) is 30.0 Å². The van der Waals surface area contributed by atoms with Crippen LogP contribution in [0.4, 0.5) is 4.39 Å². The van der Waals surface area contributed by atoms with Crippen molar-refractivity contribution in [3.63, 3.8) is 0 Å². The Morgan fingerprint density at radius 3 is 2.89 bits per heavy atom. The predicted octanol–water partition coefficient (Wildman–Crippen LogP) is 3.25. The van der Waals surface area contributed by atoms with Gasteiger partial charge in [-0.3, -0.25) is 9.59 Å². The van der Waals surface area contributed by atoms with Gasteiger partial charge in [-0.2, -0.15) is 0 Å². The molecule has 1 aromatic rings. The molecule has 1 aromatic carbocycles. The molecule has 2 atom stereocenters. The molecule has 2 unspecified atom stereocenters. The van der Waals surface area contributed by atoms with Gasteiger partial charge in [0.15, 0.2) is 5.76 Å². The van der Waals surface area contributed by atoms with Crippen molar-refractivity contribution in [1.82, 2.24) is 10.2 Å². The number of nitrogens with zero attached hydrogens (tertiary/aromatic N) is 1. The second kappa shape index (κ2) is 9.02. The number of amides is 2. The quantitative estimate of drug-likeness (QED) is 0.614. The molecule has 0 spiro atoms. The van der Waals surface area contributed by atoms with Crippen LogP contribution in [-0.4, -0.2) is 41.9 Å². The summed E-state index contributed by atoms with van der Waals surface area (Å²) in [7, 11) is 0. The van der Waals surface area contributed by atoms with Gasteiger partial charge in [-0.05, 0) is 37.8 Å². The molecule has 1 saturated heterocycles. The number of hydrogen-bond donors (Lipinski definition) is 1. The van der Waals surface area contributed by atoms with Crippen molar-refractivity contribution in [3.05, 3.63) is 41.4 Å². The molecule has 1 aliphatic heterocycles. The van der Waals surface area contributed by atoms with Gasteiger partial charge < -0.3 is 15.0 Å². The number of rotatable bonds is 6. The van der Waals surface area contributed by atoms with E-state index >= 15 is 0 Å². The smallest absolute Gasteiger partial charge is 0.289 e. The Bertz CT molecular complexity index is 719. The summed E-state index contributed by atoms with van der Waals surface area (Å²) in [4.78, 5) is 26.9. The lowest BCUT2D eigenvalue weighted by atomic mass is 9.89. The third kappa shape index (κ3) is 4.67. The van der Waals surface area contributed by atoms with Crippen molar-refractivity contribution < 1.29 is 18.7 Å². The second-order valence-electron chi connectivity index (χ2n) is 7.17. The van der Waals surface area contributed by atoms with Crippen LogP contribution in [0.5, 0.6) is 0 Å². The summed E-state index contributed by atoms with van der Waals surface area (Å²) in [6.45, 7) is 2.69. The minimum absolute atomic E-state index is 0.0156. The molecule has 1 aliphatic carbocycles. The normalized spacial score (nSPS) is 23.7. The first-order valence-corrected chi connectivity index (χ1v) is 9.80. The molecule has 1 N–H and O–H groups in total. The monoisotopic (exact) mass is 374 g/mol. The number of morpholine rings is 1. The first kappa shape index (κ1) is 19.4. The highest BCUT2D eigenvalue weighted by atomic mass is 19.1. The van der Waals surface area contributed by atoms with E-state index in [1.807, 2.05) is 0 Å². The summed E-state index contributed by atoms with van der Waals surface area (Å²) in [6, 6.07) is 6.17. The van der Waals surface area contributed by atoms with Crippen molar-refractivity contribution >= 4 is 17.9 Å². The van der Waals surface area contributed by atoms with Crippen molar-refractivity contribution in [1.29, 1.82) is 0 Å². The summed E-state index contributed by atoms with van der Waals surface area (Å²) in [5, 5.41) is 2.87. The number of carbonyl (C=O) groups is 2. The summed E-state index contributed by atoms with van der Waals surface area (Å²) >= 11 is 0. The molecular weight excluding hydrogens is 347 g/mol. The number of halogens is 1. The SMILES string of the molecule is CCCCNC(=O)CN1C(=O)/C(=C/c2ccccc2F)OC2CCCCC21. The van der Waals surface area contributed by atoms with Gasteiger partial charge in [-0.1, -0.05) is 38.0 Å². The molecule has 1 heterocycles. The van der Waals surface area contributed by atoms with Gasteiger partial charge >= 0.3 is 0 Å². The lowest BCUT2D eigenvalue weighted by Gasteiger charge is -2.44. The third-order valence-electron chi connectivity index (χ3n) is 5.18. The molecule has 0 radical (unpaired) electrons. The zero-order valence-electron chi connectivity index (χ0n) is 15.7. The Morgan fingerprint density at radius 2 is 2.11 bits per heavy atom. The Morgan fingerprint density at radius 1 is 1.33 bits per heavy atom. The van der Waals surface area contributed by atoms with Crippen molar-refractivity contribution in [2.24, 2.45) is 0 Å². The number of carbonyl (C=O) groups excluding carboxylic acids is 2. The van der Waals surface area contributed by atoms with Crippen LogP contribution in [-0.2, 0) is 14.3 Å². The summed E-state index contributed by atoms with van der Waals surface area (Å²) in [5.41, 5.74) is 0.308. The largest absolute Gasteiger partial charge is 0.482 e. The highest BCUT2D eigenvalue weighted by Gasteiger charge is 2.42. The topological polar surface area (TPSA) is 58.6 Å². The molecule has 0 aromatic heterocycles. The Balaban J connectivity index is 1.80. The van der Waals surface area contributed by atoms with Crippen molar-refractivity contribution in [2.45, 2.75) is 57.6 Å². The number of ether oxygens (including phenoxy) is 1. The average molecular weight is 374 g/mol. The van der Waals surface area contributed by atoms with E-state index in [1.165, 1.54) is 12.1 Å². The molecule has 5 nitrogen and oxygen atoms in total. The minimum Gasteiger partial charge on any atom is -0.482 e. The van der Waals surface area contributed by atoms with Gasteiger partial charge in [0.2, 0.25) is 5.91 Å². The Labute approximate surface area is 159 Å². The highest BCUT2D eigenvalue weighted by molar-refractivity contribution is 5.98. The van der Waals surface area contributed by atoms with Crippen LogP contribution in [0.2, 0.25) is 0 Å². The molecule has 146 valence electrons. The van der Waals surface area contributed by atoms with E-state index in [4.69, 9.17) is 4.74 Å². The fraction of sp³-hybridized carbons (Fsp3) is 0.524. The predicted molar refractivity (Wildman–Crippen MR) is 101 cm³/mol. The van der Waals surface area contributed by atoms with E-state index in [2.05, 4.69) is 12.2 Å². The molecular formula is C21H27FN2O3. The maximum atomic E-state index is 14.0. The number of hydrogen-bond acceptors (Lipinski definition) is 3. The Hall–Kier alpha value is -2.37. The van der Waals surface area contributed by atoms with E-state index in [-0.39, 0.29) is 36.3 Å². The zero-order chi connectivity index (χ0) is 19.2. The lowest BCUT2D eigenvalue weighted by molar-refractivity contribution is -0.151. The molecule has 27 heavy (non-hydrogen) atoms. The third-order valence-corrected chi connectivity index (χ3v) is 5.18. The van der Waals surface area contributed by atoms with E-state index in [9.17, 15) is 14.0 Å². The van der Waals surface area contributed by atoms with Gasteiger partial charge in [-0.25, -0.2) is 4.39 Å². The van der Waals surface area contributed by atoms with Gasteiger partial charge in [0, 0.05) is 12.1 Å². The van der Waals surface area contributed by atoms with Gasteiger partial charge in [0.05, 0.1) is 6.04 Å². The second-order valence-corrected chi connectivity index (χ2v) is 7.17. The van der Waals surface area contributed by atoms with Gasteiger partial charge in [-0.15, -0.1) is 0 Å². The minimum atomic E-state index is -0.406. The van der Waals surface area contributed by atoms with Gasteiger partial charge in [0.1, 0.15) is 18.5 Å². The van der Waals surface area contributed by atoms with Crippen LogP contribution in [0.3, 0.4) is 0 Å². The molecule has 2 fully saturated rings. The fourth-order valence-electron chi connectivity index (χ4n) is 3.71. The number of fused-ring (bicyclic) bond motifs is 1. The molecule has 6 heteroatoms. The molecule has 2 aliphatic rings. The van der Waals surface area contributed by atoms with Crippen molar-refractivity contribution in [3.8, 4) is 0 Å². The lowest BCUT2D eigenvalue weighted by Crippen LogP contribution is -2.57. The molecule has 2 amide bonds. The maximum absolute atomic E-state index is 14.0. The summed E-state index contributed by atoms with van der Waals surface area (Å²) in [6.07, 6.45) is 6.91. The van der Waals surface area contributed by atoms with Crippen LogP contribution in [0.25, 0.3) is 6.08 Å². The van der Waals surface area contributed by atoms with Crippen LogP contribution >= 0.6 is 0 Å². The standard InChI is InChI=1S/C21H27FN2O3/c1-2-3-12-23-20(25)14-24-17-10-6-7-11-18(17)27-19(21(24)26)13-15-8-4-5-9-16(15)22/h4-5,8-9,13,17-18H,2-3,6-7,10-12,14H2,1H3,(H,23,25)/b19-13-. The first-order chi connectivity index (χ1) is 13.1. The van der Waals surface area contributed by atoms with E-state index < -0.39 is 5.82 Å². The Kier molecular flexibility index (Phi) is 6.48. The summed E-state index contributed by atoms with van der Waals surface area (Å²) in [5.74, 6) is -0.791. The summed E-state index contributed by atoms with van der Waals surface area (Å²) < 4.78 is 19.9. The van der Waals surface area contributed by atoms with E-state index in [0.29, 0.717) is 12.1 Å². The van der Waals surface area contributed by atoms with Crippen molar-refractivity contribution in [2.75, 3.05) is 13.1 Å². The number of unbranched alkanes of at least 4 members (excludes halogenated alkanes) is 1. The van der Waals surface area contributed by atoms with Crippen LogP contribution < -0.4 is 5.32 Å². The number of benzene rings is 1. The van der Waals surface area contributed by atoms with Crippen LogP contribution in [0.1, 0.15) is 51.0 Å². The van der Waals surface area contributed by atoms with Crippen LogP contribution in [0, 0.1) is 5.82 Å². The maximum Gasteiger partial charge on any atom is 0.289 e. The molecule has 0 bridgehead atoms. The number of nitrogens with one attached hydrogen (secondary N) is 1. The zero-order valence-corrected chi connectivity index (χ0v) is 15.7. The molecule has 1 saturated carbocycles. The van der Waals surface area contributed by atoms with Gasteiger partial charge in [0.25, 0.3) is 5.91 Å². The first-order valence-electron chi connectivity index (χ1n) is 9.80. The highest BCUT2D eigenvalue weighted by Crippen LogP contribution is 2.33. The fourth-order valence-corrected chi connectivity index (χ4v) is 3.71.